The van der Waals surface area contributed by atoms with Crippen molar-refractivity contribution in [2.45, 2.75) is 0 Å². The third-order valence-corrected chi connectivity index (χ3v) is 3.77. The van der Waals surface area contributed by atoms with Gasteiger partial charge in [-0.25, -0.2) is 9.97 Å². The summed E-state index contributed by atoms with van der Waals surface area (Å²) >= 11 is 0. The molecule has 24 heavy (non-hydrogen) atoms. The molecule has 0 aliphatic carbocycles. The van der Waals surface area contributed by atoms with Gasteiger partial charge in [-0.1, -0.05) is 6.07 Å². The SMILES string of the molecule is COc1cc2ncnc(Nc3cccc(N(C)C)c3)c2cc1OC. The first kappa shape index (κ1) is 15.9. The van der Waals surface area contributed by atoms with Crippen molar-refractivity contribution in [2.24, 2.45) is 0 Å². The lowest BCUT2D eigenvalue weighted by atomic mass is 10.2. The van der Waals surface area contributed by atoms with E-state index in [-0.39, 0.29) is 0 Å². The summed E-state index contributed by atoms with van der Waals surface area (Å²) in [5, 5.41) is 4.22. The minimum absolute atomic E-state index is 0.643. The van der Waals surface area contributed by atoms with Crippen molar-refractivity contribution in [3.8, 4) is 11.5 Å². The van der Waals surface area contributed by atoms with Gasteiger partial charge in [0, 0.05) is 36.9 Å². The number of hydrogen-bond acceptors (Lipinski definition) is 6. The molecule has 6 nitrogen and oxygen atoms in total. The normalized spacial score (nSPS) is 10.5. The van der Waals surface area contributed by atoms with Crippen LogP contribution in [0.1, 0.15) is 0 Å². The molecule has 0 saturated heterocycles. The highest BCUT2D eigenvalue weighted by Gasteiger charge is 2.11. The van der Waals surface area contributed by atoms with E-state index in [1.54, 1.807) is 14.2 Å². The molecule has 0 spiro atoms. The molecule has 3 aromatic rings. The number of ether oxygens (including phenoxy) is 2. The number of benzene rings is 2. The molecule has 0 fully saturated rings. The summed E-state index contributed by atoms with van der Waals surface area (Å²) in [4.78, 5) is 10.7. The molecule has 0 aliphatic heterocycles. The summed E-state index contributed by atoms with van der Waals surface area (Å²) in [5.41, 5.74) is 2.85. The van der Waals surface area contributed by atoms with Crippen molar-refractivity contribution < 1.29 is 9.47 Å². The van der Waals surface area contributed by atoms with Gasteiger partial charge in [0.15, 0.2) is 11.5 Å². The van der Waals surface area contributed by atoms with Crippen molar-refractivity contribution in [1.29, 1.82) is 0 Å². The lowest BCUT2D eigenvalue weighted by Crippen LogP contribution is -2.08. The third kappa shape index (κ3) is 3.03. The number of anilines is 3. The molecule has 6 heteroatoms. The van der Waals surface area contributed by atoms with Crippen molar-refractivity contribution in [3.63, 3.8) is 0 Å². The molecular formula is C18H20N4O2. The van der Waals surface area contributed by atoms with E-state index in [1.165, 1.54) is 6.33 Å². The number of hydrogen-bond donors (Lipinski definition) is 1. The van der Waals surface area contributed by atoms with Gasteiger partial charge in [-0.15, -0.1) is 0 Å². The van der Waals surface area contributed by atoms with E-state index in [4.69, 9.17) is 9.47 Å². The number of aromatic nitrogens is 2. The van der Waals surface area contributed by atoms with E-state index in [0.29, 0.717) is 11.5 Å². The maximum absolute atomic E-state index is 5.39. The highest BCUT2D eigenvalue weighted by Crippen LogP contribution is 2.34. The van der Waals surface area contributed by atoms with Crippen LogP contribution in [0.4, 0.5) is 17.2 Å². The van der Waals surface area contributed by atoms with Gasteiger partial charge in [-0.05, 0) is 24.3 Å². The molecule has 124 valence electrons. The maximum atomic E-state index is 5.39. The van der Waals surface area contributed by atoms with Crippen LogP contribution in [0, 0.1) is 0 Å². The zero-order valence-electron chi connectivity index (χ0n) is 14.2. The molecule has 0 saturated carbocycles. The molecule has 0 atom stereocenters. The molecule has 0 unspecified atom stereocenters. The standard InChI is InChI=1S/C18H20N4O2/c1-22(2)13-7-5-6-12(8-13)21-18-14-9-16(23-3)17(24-4)10-15(14)19-11-20-18/h5-11H,1-4H3,(H,19,20,21). The largest absolute Gasteiger partial charge is 0.493 e. The molecule has 3 rings (SSSR count). The van der Waals surface area contributed by atoms with Crippen LogP contribution in [0.5, 0.6) is 11.5 Å². The third-order valence-electron chi connectivity index (χ3n) is 3.77. The quantitative estimate of drug-likeness (QED) is 0.775. The second kappa shape index (κ2) is 6.62. The summed E-state index contributed by atoms with van der Waals surface area (Å²) in [6.07, 6.45) is 1.53. The Kier molecular flexibility index (Phi) is 4.37. The lowest BCUT2D eigenvalue weighted by Gasteiger charge is -2.15. The highest BCUT2D eigenvalue weighted by molar-refractivity contribution is 5.93. The topological polar surface area (TPSA) is 59.5 Å². The molecule has 1 aromatic heterocycles. The van der Waals surface area contributed by atoms with Gasteiger partial charge in [-0.2, -0.15) is 0 Å². The number of fused-ring (bicyclic) bond motifs is 1. The van der Waals surface area contributed by atoms with Crippen molar-refractivity contribution in [1.82, 2.24) is 9.97 Å². The Labute approximate surface area is 141 Å². The van der Waals surface area contributed by atoms with Crippen LogP contribution >= 0.6 is 0 Å². The molecule has 0 radical (unpaired) electrons. The minimum Gasteiger partial charge on any atom is -0.493 e. The van der Waals surface area contributed by atoms with E-state index in [1.807, 2.05) is 38.4 Å². The first-order valence-electron chi connectivity index (χ1n) is 7.53. The highest BCUT2D eigenvalue weighted by atomic mass is 16.5. The van der Waals surface area contributed by atoms with Gasteiger partial charge in [0.2, 0.25) is 0 Å². The number of nitrogens with one attached hydrogen (secondary N) is 1. The van der Waals surface area contributed by atoms with Crippen LogP contribution in [0.3, 0.4) is 0 Å². The van der Waals surface area contributed by atoms with E-state index >= 15 is 0 Å². The van der Waals surface area contributed by atoms with Crippen LogP contribution in [0.2, 0.25) is 0 Å². The summed E-state index contributed by atoms with van der Waals surface area (Å²) in [5.74, 6) is 2.01. The van der Waals surface area contributed by atoms with Crippen molar-refractivity contribution in [3.05, 3.63) is 42.7 Å². The summed E-state index contributed by atoms with van der Waals surface area (Å²) < 4.78 is 10.7. The Morgan fingerprint density at radius 3 is 2.42 bits per heavy atom. The zero-order valence-corrected chi connectivity index (χ0v) is 14.2. The van der Waals surface area contributed by atoms with Gasteiger partial charge in [0.05, 0.1) is 19.7 Å². The summed E-state index contributed by atoms with van der Waals surface area (Å²) in [6, 6.07) is 11.8. The molecular weight excluding hydrogens is 304 g/mol. The molecule has 2 aromatic carbocycles. The zero-order chi connectivity index (χ0) is 17.1. The Morgan fingerprint density at radius 2 is 1.71 bits per heavy atom. The smallest absolute Gasteiger partial charge is 0.162 e. The number of methoxy groups -OCH3 is 2. The van der Waals surface area contributed by atoms with E-state index in [2.05, 4.69) is 32.3 Å². The molecule has 1 N–H and O–H groups in total. The molecule has 0 amide bonds. The van der Waals surface area contributed by atoms with Crippen LogP contribution in [-0.4, -0.2) is 38.3 Å². The van der Waals surface area contributed by atoms with E-state index in [0.717, 1.165) is 28.1 Å². The summed E-state index contributed by atoms with van der Waals surface area (Å²) in [6.45, 7) is 0. The second-order valence-corrected chi connectivity index (χ2v) is 5.52. The van der Waals surface area contributed by atoms with Gasteiger partial charge in [0.1, 0.15) is 12.1 Å². The van der Waals surface area contributed by atoms with Gasteiger partial charge >= 0.3 is 0 Å². The van der Waals surface area contributed by atoms with Crippen LogP contribution in [0.15, 0.2) is 42.7 Å². The first-order valence-corrected chi connectivity index (χ1v) is 7.53. The van der Waals surface area contributed by atoms with E-state index in [9.17, 15) is 0 Å². The number of nitrogens with zero attached hydrogens (tertiary/aromatic N) is 3. The maximum Gasteiger partial charge on any atom is 0.162 e. The van der Waals surface area contributed by atoms with Gasteiger partial charge in [0.25, 0.3) is 0 Å². The molecule has 0 aliphatic rings. The first-order chi connectivity index (χ1) is 11.6. The van der Waals surface area contributed by atoms with Crippen molar-refractivity contribution >= 4 is 28.1 Å². The Bertz CT molecular complexity index is 865. The van der Waals surface area contributed by atoms with E-state index < -0.39 is 0 Å². The fourth-order valence-electron chi connectivity index (χ4n) is 2.48. The summed E-state index contributed by atoms with van der Waals surface area (Å²) in [7, 11) is 7.24. The monoisotopic (exact) mass is 324 g/mol. The van der Waals surface area contributed by atoms with Gasteiger partial charge < -0.3 is 19.7 Å². The lowest BCUT2D eigenvalue weighted by molar-refractivity contribution is 0.356. The Hall–Kier alpha value is -3.02. The average Bonchev–Trinajstić information content (AvgIpc) is 2.61. The fraction of sp³-hybridized carbons (Fsp3) is 0.222. The second-order valence-electron chi connectivity index (χ2n) is 5.52. The van der Waals surface area contributed by atoms with Crippen LogP contribution < -0.4 is 19.7 Å². The fourth-order valence-corrected chi connectivity index (χ4v) is 2.48. The number of rotatable bonds is 5. The Morgan fingerprint density at radius 1 is 0.958 bits per heavy atom. The van der Waals surface area contributed by atoms with Crippen molar-refractivity contribution in [2.75, 3.05) is 38.5 Å². The van der Waals surface area contributed by atoms with Crippen LogP contribution in [0.25, 0.3) is 10.9 Å². The Balaban J connectivity index is 2.05. The molecule has 0 bridgehead atoms. The predicted octanol–water partition coefficient (Wildman–Crippen LogP) is 3.46. The predicted molar refractivity (Wildman–Crippen MR) is 96.7 cm³/mol. The average molecular weight is 324 g/mol. The minimum atomic E-state index is 0.643. The van der Waals surface area contributed by atoms with Crippen LogP contribution in [-0.2, 0) is 0 Å². The van der Waals surface area contributed by atoms with Gasteiger partial charge in [-0.3, -0.25) is 0 Å². The molecule has 1 heterocycles.